The van der Waals surface area contributed by atoms with Crippen molar-refractivity contribution < 1.29 is 14.3 Å². The molecule has 14 nitrogen and oxygen atoms in total. The third kappa shape index (κ3) is 8.30. The smallest absolute Gasteiger partial charge is 0.286 e. The third-order valence-corrected chi connectivity index (χ3v) is 14.5. The molecule has 1 fully saturated rings. The second-order valence-electron chi connectivity index (χ2n) is 17.0. The lowest BCUT2D eigenvalue weighted by atomic mass is 9.98. The summed E-state index contributed by atoms with van der Waals surface area (Å²) in [7, 11) is 4.10. The Morgan fingerprint density at radius 3 is 2.16 bits per heavy atom. The van der Waals surface area contributed by atoms with Gasteiger partial charge in [-0.15, -0.1) is 5.10 Å². The van der Waals surface area contributed by atoms with Crippen LogP contribution in [0.2, 0.25) is 0 Å². The molecule has 68 heavy (non-hydrogen) atoms. The van der Waals surface area contributed by atoms with E-state index in [4.69, 9.17) is 19.7 Å². The quantitative estimate of drug-likeness (QED) is 0.107. The summed E-state index contributed by atoms with van der Waals surface area (Å²) in [5.41, 5.74) is 13.4. The highest BCUT2D eigenvalue weighted by atomic mass is 32.2. The number of amides is 2. The van der Waals surface area contributed by atoms with E-state index in [2.05, 4.69) is 139 Å². The lowest BCUT2D eigenvalue weighted by molar-refractivity contribution is -0.118. The first-order chi connectivity index (χ1) is 33.1. The van der Waals surface area contributed by atoms with Crippen molar-refractivity contribution in [3.05, 3.63) is 150 Å². The number of carbonyl (C=O) groups is 2. The number of carbonyl (C=O) groups excluding carboxylic acids is 2. The predicted molar refractivity (Wildman–Crippen MR) is 267 cm³/mol. The Bertz CT molecular complexity index is 3540. The molecule has 2 amide bonds. The average Bonchev–Trinajstić information content (AvgIpc) is 4.19. The van der Waals surface area contributed by atoms with Gasteiger partial charge in [-0.25, -0.2) is 20.1 Å². The number of imide groups is 1. The molecule has 2 N–H and O–H groups in total. The van der Waals surface area contributed by atoms with Crippen LogP contribution in [0.3, 0.4) is 0 Å². The molecule has 10 aromatic rings. The largest absolute Gasteiger partial charge is 0.486 e. The van der Waals surface area contributed by atoms with Crippen LogP contribution in [0.1, 0.15) is 41.7 Å². The average molecular weight is 936 g/mol. The molecule has 0 spiro atoms. The van der Waals surface area contributed by atoms with E-state index in [0.717, 1.165) is 118 Å². The predicted octanol–water partition coefficient (Wildman–Crippen LogP) is 10.3. The van der Waals surface area contributed by atoms with Crippen LogP contribution in [0.15, 0.2) is 131 Å². The van der Waals surface area contributed by atoms with Crippen molar-refractivity contribution in [3.8, 4) is 39.7 Å². The first-order valence-corrected chi connectivity index (χ1v) is 24.1. The van der Waals surface area contributed by atoms with Crippen LogP contribution in [-0.4, -0.2) is 65.7 Å². The zero-order valence-corrected chi connectivity index (χ0v) is 39.4. The third-order valence-electron chi connectivity index (χ3n) is 12.5. The summed E-state index contributed by atoms with van der Waals surface area (Å²) in [6.07, 6.45) is 2.35. The van der Waals surface area contributed by atoms with Gasteiger partial charge in [-0.2, -0.15) is 0 Å². The Labute approximate surface area is 399 Å². The summed E-state index contributed by atoms with van der Waals surface area (Å²) in [5, 5.41) is 16.3. The Morgan fingerprint density at radius 2 is 1.46 bits per heavy atom. The van der Waals surface area contributed by atoms with Crippen LogP contribution in [0.25, 0.3) is 67.0 Å². The molecule has 1 unspecified atom stereocenters. The number of nitrogens with one attached hydrogen (secondary N) is 2. The molecule has 0 saturated carbocycles. The standard InChI is InChI=1S/C52H45N11O3S2/c1-5-8-46-55-48-30(2)23-34(25-44(48)63(46)28-32-11-15-33(16-12-32)38-9-6-7-10-39(38)49-57-59-60-58-49)50-54-41-22-20-37(27-43(41)62(50)4)67-36-19-21-40-42(26-36)61(3)47(53-40)29-66-35-17-13-31(14-18-35)24-45-51(64)56-52(65)68-45/h6-7,9-23,25-27,45H,5,8,24,28-29H2,1-4H3,(H,56,64,65)(H,57,58,59,60). The van der Waals surface area contributed by atoms with Crippen LogP contribution in [0, 0.1) is 6.92 Å². The van der Waals surface area contributed by atoms with Crippen molar-refractivity contribution >= 4 is 67.8 Å². The van der Waals surface area contributed by atoms with Crippen LogP contribution in [0.4, 0.5) is 4.79 Å². The van der Waals surface area contributed by atoms with E-state index in [9.17, 15) is 9.59 Å². The SMILES string of the molecule is CCCc1nc2c(C)cc(-c3nc4ccc(Sc5ccc6nc(COc7ccc(CC8SC(=O)NC8=O)cc7)n(C)c6c5)cc4n3C)cc2n1Cc1ccc(-c2ccccc2-c2nnn[nH]2)cc1. The highest BCUT2D eigenvalue weighted by Gasteiger charge is 2.31. The van der Waals surface area contributed by atoms with E-state index in [0.29, 0.717) is 31.1 Å². The number of rotatable bonds is 14. The number of H-pyrrole nitrogens is 1. The van der Waals surface area contributed by atoms with Crippen LogP contribution in [0.5, 0.6) is 5.75 Å². The number of fused-ring (bicyclic) bond motifs is 3. The van der Waals surface area contributed by atoms with Crippen LogP contribution < -0.4 is 10.1 Å². The molecule has 0 aliphatic carbocycles. The first kappa shape index (κ1) is 43.0. The Balaban J connectivity index is 0.814. The van der Waals surface area contributed by atoms with Gasteiger partial charge < -0.3 is 18.4 Å². The van der Waals surface area contributed by atoms with Crippen molar-refractivity contribution in [2.45, 2.75) is 61.3 Å². The number of aromatic amines is 1. The summed E-state index contributed by atoms with van der Waals surface area (Å²) >= 11 is 2.74. The number of hydrogen-bond acceptors (Lipinski definition) is 11. The maximum absolute atomic E-state index is 12.0. The first-order valence-electron chi connectivity index (χ1n) is 22.4. The van der Waals surface area contributed by atoms with Gasteiger partial charge in [0.15, 0.2) is 5.82 Å². The van der Waals surface area contributed by atoms with E-state index in [1.165, 1.54) is 5.56 Å². The number of nitrogens with zero attached hydrogens (tertiary/aromatic N) is 9. The number of benzene rings is 6. The fourth-order valence-corrected chi connectivity index (χ4v) is 10.7. The molecular formula is C52H45N11O3S2. The van der Waals surface area contributed by atoms with Gasteiger partial charge in [0.05, 0.1) is 38.4 Å². The molecule has 1 saturated heterocycles. The molecule has 0 radical (unpaired) electrons. The zero-order chi connectivity index (χ0) is 46.5. The summed E-state index contributed by atoms with van der Waals surface area (Å²) in [5.74, 6) is 3.88. The number of tetrazole rings is 1. The lowest BCUT2D eigenvalue weighted by Crippen LogP contribution is -2.25. The number of thioether (sulfide) groups is 1. The minimum absolute atomic E-state index is 0.239. The van der Waals surface area contributed by atoms with E-state index in [1.807, 2.05) is 49.5 Å². The van der Waals surface area contributed by atoms with E-state index < -0.39 is 5.25 Å². The van der Waals surface area contributed by atoms with Gasteiger partial charge in [-0.1, -0.05) is 91.1 Å². The fourth-order valence-electron chi connectivity index (χ4n) is 9.00. The maximum Gasteiger partial charge on any atom is 0.286 e. The minimum Gasteiger partial charge on any atom is -0.486 e. The summed E-state index contributed by atoms with van der Waals surface area (Å²) < 4.78 is 12.8. The van der Waals surface area contributed by atoms with Gasteiger partial charge in [-0.3, -0.25) is 14.9 Å². The topological polar surface area (TPSA) is 163 Å². The molecule has 16 heteroatoms. The van der Waals surface area contributed by atoms with E-state index in [1.54, 1.807) is 11.8 Å². The normalized spacial score (nSPS) is 13.9. The fraction of sp³-hybridized carbons (Fsp3) is 0.192. The zero-order valence-electron chi connectivity index (χ0n) is 37.7. The highest BCUT2D eigenvalue weighted by Crippen LogP contribution is 2.36. The number of ether oxygens (including phenoxy) is 1. The molecular weight excluding hydrogens is 891 g/mol. The van der Waals surface area contributed by atoms with Crippen molar-refractivity contribution in [2.24, 2.45) is 14.1 Å². The van der Waals surface area contributed by atoms with Crippen molar-refractivity contribution in [1.82, 2.24) is 54.6 Å². The molecule has 1 atom stereocenters. The van der Waals surface area contributed by atoms with E-state index in [-0.39, 0.29) is 11.1 Å². The maximum atomic E-state index is 12.0. The Kier molecular flexibility index (Phi) is 11.3. The molecule has 1 aliphatic rings. The number of hydrogen-bond donors (Lipinski definition) is 2. The molecule has 338 valence electrons. The van der Waals surface area contributed by atoms with Gasteiger partial charge in [0, 0.05) is 48.0 Å². The molecule has 5 heterocycles. The van der Waals surface area contributed by atoms with Crippen molar-refractivity contribution in [2.75, 3.05) is 0 Å². The minimum atomic E-state index is -0.402. The highest BCUT2D eigenvalue weighted by molar-refractivity contribution is 8.15. The van der Waals surface area contributed by atoms with Gasteiger partial charge in [0.2, 0.25) is 5.91 Å². The van der Waals surface area contributed by atoms with Crippen LogP contribution >= 0.6 is 23.5 Å². The number of aromatic nitrogens is 10. The number of aryl methyl sites for hydroxylation is 4. The summed E-state index contributed by atoms with van der Waals surface area (Å²) in [4.78, 5) is 41.0. The number of imidazole rings is 3. The summed E-state index contributed by atoms with van der Waals surface area (Å²) in [6, 6.07) is 41.8. The second-order valence-corrected chi connectivity index (χ2v) is 19.3. The van der Waals surface area contributed by atoms with Crippen LogP contribution in [-0.2, 0) is 44.9 Å². The van der Waals surface area contributed by atoms with Gasteiger partial charge in [0.25, 0.3) is 5.24 Å². The Hall–Kier alpha value is -7.56. The van der Waals surface area contributed by atoms with Crippen molar-refractivity contribution in [3.63, 3.8) is 0 Å². The van der Waals surface area contributed by atoms with Gasteiger partial charge >= 0.3 is 0 Å². The molecule has 6 aromatic carbocycles. The monoisotopic (exact) mass is 935 g/mol. The lowest BCUT2D eigenvalue weighted by Gasteiger charge is -2.12. The Morgan fingerprint density at radius 1 is 0.735 bits per heavy atom. The van der Waals surface area contributed by atoms with Gasteiger partial charge in [-0.05, 0) is 119 Å². The van der Waals surface area contributed by atoms with E-state index >= 15 is 0 Å². The second kappa shape index (κ2) is 17.9. The molecule has 4 aromatic heterocycles. The van der Waals surface area contributed by atoms with Gasteiger partial charge in [0.1, 0.15) is 29.8 Å². The van der Waals surface area contributed by atoms with Crippen molar-refractivity contribution in [1.29, 1.82) is 0 Å². The molecule has 1 aliphatic heterocycles. The molecule has 11 rings (SSSR count). The molecule has 0 bridgehead atoms. The summed E-state index contributed by atoms with van der Waals surface area (Å²) in [6.45, 7) is 5.33.